The number of carbonyl (C=O) groups excluding carboxylic acids is 1. The molecule has 0 aliphatic heterocycles. The molecule has 5 heteroatoms. The maximum Gasteiger partial charge on any atom is 0.274 e. The molecule has 18 heavy (non-hydrogen) atoms. The maximum atomic E-state index is 11.8. The summed E-state index contributed by atoms with van der Waals surface area (Å²) in [6.45, 7) is 5.34. The van der Waals surface area contributed by atoms with Crippen LogP contribution in [0.4, 0.5) is 0 Å². The number of hydrogen-bond donors (Lipinski definition) is 1. The van der Waals surface area contributed by atoms with Crippen LogP contribution in [-0.4, -0.2) is 11.6 Å². The number of carbonyl (C=O) groups is 1. The van der Waals surface area contributed by atoms with Gasteiger partial charge in [-0.15, -0.1) is 0 Å². The van der Waals surface area contributed by atoms with Crippen LogP contribution in [0.3, 0.4) is 0 Å². The van der Waals surface area contributed by atoms with Gasteiger partial charge in [-0.1, -0.05) is 0 Å². The van der Waals surface area contributed by atoms with Crippen LogP contribution in [-0.2, 0) is 0 Å². The molecular weight excluding hydrogens is 232 g/mol. The quantitative estimate of drug-likeness (QED) is 0.668. The van der Waals surface area contributed by atoms with E-state index in [4.69, 9.17) is 8.83 Å². The molecule has 2 rings (SSSR count). The highest BCUT2D eigenvalue weighted by molar-refractivity contribution is 5.99. The highest BCUT2D eigenvalue weighted by atomic mass is 16.3. The first-order valence-electron chi connectivity index (χ1n) is 5.53. The predicted octanol–water partition coefficient (Wildman–Crippen LogP) is 2.64. The number of hydrogen-bond acceptors (Lipinski definition) is 4. The number of nitrogens with zero attached hydrogens (tertiary/aromatic N) is 1. The zero-order valence-corrected chi connectivity index (χ0v) is 10.5. The molecular formula is C13H14N2O3. The van der Waals surface area contributed by atoms with E-state index < -0.39 is 0 Å². The average Bonchev–Trinajstić information content (AvgIpc) is 2.94. The third kappa shape index (κ3) is 2.51. The minimum Gasteiger partial charge on any atom is -0.469 e. The summed E-state index contributed by atoms with van der Waals surface area (Å²) in [5.74, 6) is 1.70. The van der Waals surface area contributed by atoms with Crippen molar-refractivity contribution in [2.24, 2.45) is 5.10 Å². The molecule has 0 unspecified atom stereocenters. The Labute approximate surface area is 104 Å². The monoisotopic (exact) mass is 246 g/mol. The van der Waals surface area contributed by atoms with E-state index in [0.29, 0.717) is 22.8 Å². The SMILES string of the molecule is C/C(=N/NC(=O)c1ccoc1C)c1ccc(C)o1. The Balaban J connectivity index is 2.07. The summed E-state index contributed by atoms with van der Waals surface area (Å²) >= 11 is 0. The molecule has 2 heterocycles. The van der Waals surface area contributed by atoms with Crippen LogP contribution in [0.25, 0.3) is 0 Å². The van der Waals surface area contributed by atoms with Crippen LogP contribution in [0.1, 0.15) is 34.6 Å². The molecule has 0 saturated carbocycles. The van der Waals surface area contributed by atoms with E-state index in [1.165, 1.54) is 6.26 Å². The van der Waals surface area contributed by atoms with Crippen LogP contribution >= 0.6 is 0 Å². The number of amides is 1. The van der Waals surface area contributed by atoms with Gasteiger partial charge in [-0.3, -0.25) is 4.79 Å². The summed E-state index contributed by atoms with van der Waals surface area (Å²) < 4.78 is 10.4. The van der Waals surface area contributed by atoms with Gasteiger partial charge >= 0.3 is 0 Å². The van der Waals surface area contributed by atoms with Crippen LogP contribution in [0.15, 0.2) is 38.4 Å². The number of furan rings is 2. The lowest BCUT2D eigenvalue weighted by molar-refractivity contribution is 0.0953. The summed E-state index contributed by atoms with van der Waals surface area (Å²) in [6, 6.07) is 5.26. The molecule has 0 atom stereocenters. The Kier molecular flexibility index (Phi) is 3.32. The summed E-state index contributed by atoms with van der Waals surface area (Å²) in [6.07, 6.45) is 1.47. The lowest BCUT2D eigenvalue weighted by Gasteiger charge is -1.99. The van der Waals surface area contributed by atoms with Gasteiger partial charge in [-0.05, 0) is 39.0 Å². The van der Waals surface area contributed by atoms with E-state index in [1.54, 1.807) is 19.9 Å². The van der Waals surface area contributed by atoms with Crippen LogP contribution in [0.5, 0.6) is 0 Å². The second-order valence-electron chi connectivity index (χ2n) is 3.94. The zero-order valence-electron chi connectivity index (χ0n) is 10.5. The number of hydrazone groups is 1. The highest BCUT2D eigenvalue weighted by Crippen LogP contribution is 2.09. The second kappa shape index (κ2) is 4.91. The first-order chi connectivity index (χ1) is 8.58. The van der Waals surface area contributed by atoms with E-state index in [-0.39, 0.29) is 5.91 Å². The second-order valence-corrected chi connectivity index (χ2v) is 3.94. The highest BCUT2D eigenvalue weighted by Gasteiger charge is 2.11. The third-order valence-electron chi connectivity index (χ3n) is 2.53. The molecule has 1 N–H and O–H groups in total. The molecule has 0 aliphatic carbocycles. The largest absolute Gasteiger partial charge is 0.469 e. The molecule has 1 amide bonds. The Morgan fingerprint density at radius 2 is 2.06 bits per heavy atom. The summed E-state index contributed by atoms with van der Waals surface area (Å²) in [5.41, 5.74) is 3.55. The van der Waals surface area contributed by atoms with Gasteiger partial charge < -0.3 is 8.83 Å². The van der Waals surface area contributed by atoms with Gasteiger partial charge in [0.2, 0.25) is 0 Å². The molecule has 5 nitrogen and oxygen atoms in total. The van der Waals surface area contributed by atoms with Crippen LogP contribution in [0, 0.1) is 13.8 Å². The molecule has 0 saturated heterocycles. The van der Waals surface area contributed by atoms with Crippen molar-refractivity contribution in [3.63, 3.8) is 0 Å². The topological polar surface area (TPSA) is 67.7 Å². The van der Waals surface area contributed by atoms with Gasteiger partial charge in [0.05, 0.1) is 11.8 Å². The van der Waals surface area contributed by atoms with Crippen molar-refractivity contribution in [1.82, 2.24) is 5.43 Å². The lowest BCUT2D eigenvalue weighted by Crippen LogP contribution is -2.19. The van der Waals surface area contributed by atoms with Gasteiger partial charge in [0.15, 0.2) is 0 Å². The summed E-state index contributed by atoms with van der Waals surface area (Å²) in [5, 5.41) is 3.99. The number of aryl methyl sites for hydroxylation is 2. The van der Waals surface area contributed by atoms with E-state index in [0.717, 1.165) is 5.76 Å². The van der Waals surface area contributed by atoms with Crippen LogP contribution < -0.4 is 5.43 Å². The van der Waals surface area contributed by atoms with Crippen molar-refractivity contribution >= 4 is 11.6 Å². The van der Waals surface area contributed by atoms with E-state index in [2.05, 4.69) is 10.5 Å². The Morgan fingerprint density at radius 3 is 2.61 bits per heavy atom. The normalized spacial score (nSPS) is 11.6. The first kappa shape index (κ1) is 12.2. The van der Waals surface area contributed by atoms with Crippen molar-refractivity contribution in [2.45, 2.75) is 20.8 Å². The van der Waals surface area contributed by atoms with E-state index in [1.807, 2.05) is 19.1 Å². The standard InChI is InChI=1S/C13H14N2O3/c1-8-4-5-12(18-8)9(2)14-15-13(16)11-6-7-17-10(11)3/h4-7H,1-3H3,(H,15,16)/b14-9-. The molecule has 94 valence electrons. The van der Waals surface area contributed by atoms with Crippen LogP contribution in [0.2, 0.25) is 0 Å². The summed E-state index contributed by atoms with van der Waals surface area (Å²) in [4.78, 5) is 11.8. The Morgan fingerprint density at radius 1 is 1.28 bits per heavy atom. The van der Waals surface area contributed by atoms with E-state index in [9.17, 15) is 4.79 Å². The predicted molar refractivity (Wildman–Crippen MR) is 66.6 cm³/mol. The fourth-order valence-corrected chi connectivity index (χ4v) is 1.50. The van der Waals surface area contributed by atoms with Crippen molar-refractivity contribution < 1.29 is 13.6 Å². The zero-order chi connectivity index (χ0) is 13.1. The molecule has 2 aromatic heterocycles. The minimum atomic E-state index is -0.302. The van der Waals surface area contributed by atoms with Crippen molar-refractivity contribution in [3.8, 4) is 0 Å². The average molecular weight is 246 g/mol. The van der Waals surface area contributed by atoms with Gasteiger partial charge in [-0.25, -0.2) is 5.43 Å². The molecule has 0 spiro atoms. The molecule has 2 aromatic rings. The Bertz CT molecular complexity index is 593. The van der Waals surface area contributed by atoms with Crippen molar-refractivity contribution in [1.29, 1.82) is 0 Å². The third-order valence-corrected chi connectivity index (χ3v) is 2.53. The first-order valence-corrected chi connectivity index (χ1v) is 5.53. The summed E-state index contributed by atoms with van der Waals surface area (Å²) in [7, 11) is 0. The Hall–Kier alpha value is -2.30. The molecule has 0 fully saturated rings. The fourth-order valence-electron chi connectivity index (χ4n) is 1.50. The van der Waals surface area contributed by atoms with Crippen molar-refractivity contribution in [3.05, 3.63) is 47.3 Å². The fraction of sp³-hybridized carbons (Fsp3) is 0.231. The molecule has 0 bridgehead atoms. The maximum absolute atomic E-state index is 11.8. The molecule has 0 aromatic carbocycles. The van der Waals surface area contributed by atoms with Gasteiger partial charge in [0.25, 0.3) is 5.91 Å². The smallest absolute Gasteiger partial charge is 0.274 e. The number of nitrogens with one attached hydrogen (secondary N) is 1. The lowest BCUT2D eigenvalue weighted by atomic mass is 10.2. The van der Waals surface area contributed by atoms with E-state index >= 15 is 0 Å². The van der Waals surface area contributed by atoms with Gasteiger partial charge in [0.1, 0.15) is 23.0 Å². The van der Waals surface area contributed by atoms with Crippen molar-refractivity contribution in [2.75, 3.05) is 0 Å². The molecule has 0 radical (unpaired) electrons. The van der Waals surface area contributed by atoms with Gasteiger partial charge in [0, 0.05) is 0 Å². The number of rotatable bonds is 3. The minimum absolute atomic E-state index is 0.302. The molecule has 0 aliphatic rings. The van der Waals surface area contributed by atoms with Gasteiger partial charge in [-0.2, -0.15) is 5.10 Å².